The van der Waals surface area contributed by atoms with Crippen molar-refractivity contribution in [3.05, 3.63) is 117 Å². The van der Waals surface area contributed by atoms with E-state index in [0.29, 0.717) is 5.75 Å². The Morgan fingerprint density at radius 3 is 2.22 bits per heavy atom. The number of carbonyl (C=O) groups is 5. The van der Waals surface area contributed by atoms with Gasteiger partial charge in [-0.3, -0.25) is 24.6 Å². The number of imide groups is 2. The topological polar surface area (TPSA) is 183 Å². The summed E-state index contributed by atoms with van der Waals surface area (Å²) >= 11 is 12.6. The number of aromatic hydroxyl groups is 2. The van der Waals surface area contributed by atoms with E-state index < -0.39 is 93.8 Å². The molecule has 18 heteroatoms. The van der Waals surface area contributed by atoms with E-state index >= 15 is 4.79 Å². The highest BCUT2D eigenvalue weighted by Crippen LogP contribution is 2.65. The van der Waals surface area contributed by atoms with Crippen molar-refractivity contribution in [3.63, 3.8) is 0 Å². The lowest BCUT2D eigenvalue weighted by molar-refractivity contribution is -0.274. The van der Waals surface area contributed by atoms with Crippen molar-refractivity contribution < 1.29 is 61.9 Å². The van der Waals surface area contributed by atoms with Gasteiger partial charge in [-0.05, 0) is 85.0 Å². The first kappa shape index (κ1) is 39.6. The average Bonchev–Trinajstić information content (AvgIpc) is 3.56. The Kier molecular flexibility index (Phi) is 9.54. The summed E-state index contributed by atoms with van der Waals surface area (Å²) in [5, 5.41) is 32.5. The van der Waals surface area contributed by atoms with E-state index in [4.69, 9.17) is 27.9 Å². The van der Waals surface area contributed by atoms with Crippen LogP contribution in [-0.4, -0.2) is 63.4 Å². The van der Waals surface area contributed by atoms with Crippen molar-refractivity contribution in [1.82, 2.24) is 5.01 Å². The number of hydrazine groups is 1. The highest BCUT2D eigenvalue weighted by Gasteiger charge is 2.71. The predicted octanol–water partition coefficient (Wildman–Crippen LogP) is 7.20. The first-order valence-electron chi connectivity index (χ1n) is 17.9. The van der Waals surface area contributed by atoms with Crippen LogP contribution in [0.25, 0.3) is 0 Å². The number of alkyl halides is 3. The average molecular weight is 853 g/mol. The van der Waals surface area contributed by atoms with Crippen molar-refractivity contribution in [3.8, 4) is 23.0 Å². The quantitative estimate of drug-likeness (QED) is 0.104. The molecule has 2 aliphatic heterocycles. The van der Waals surface area contributed by atoms with Gasteiger partial charge in [-0.15, -0.1) is 13.2 Å². The molecular weight excluding hydrogens is 822 g/mol. The first-order chi connectivity index (χ1) is 28.0. The zero-order chi connectivity index (χ0) is 42.3. The fourth-order valence-corrected chi connectivity index (χ4v) is 9.69. The molecule has 0 spiro atoms. The number of benzene rings is 4. The Morgan fingerprint density at radius 1 is 0.864 bits per heavy atom. The van der Waals surface area contributed by atoms with E-state index in [1.54, 1.807) is 6.08 Å². The molecule has 1 saturated carbocycles. The second-order valence-electron chi connectivity index (χ2n) is 14.5. The molecule has 4 aliphatic rings. The number of amides is 4. The minimum Gasteiger partial charge on any atom is -0.508 e. The van der Waals surface area contributed by atoms with Crippen LogP contribution >= 0.6 is 23.2 Å². The molecule has 0 bridgehead atoms. The lowest BCUT2D eigenvalue weighted by atomic mass is 9.49. The number of nitrogens with one attached hydrogen (secondary N) is 1. The number of anilines is 2. The standard InChI is InChI=1S/C41H30Cl2F3N3O10/c1-58-21-6-2-18(3-7-21)40-28(36(53)49(39(40)57)47-30-12-4-19(42)14-29(30)43)17-26-23(34(40)27-16-22(8-13-31(27)50)59-41(44,45)46)10-11-25-33(26)37(54)48(35(25)52)20-5-9-24(38(55)56)32(51)15-20/h2-10,12-16,25-26,28,33-34,47,50-51H,11,17H2,1H3,(H,55,56)/t25-,26+,28-,33-,34+,40+/m0/s1. The normalized spacial score (nSPS) is 25.0. The van der Waals surface area contributed by atoms with Gasteiger partial charge < -0.3 is 24.8 Å². The molecular formula is C41H30Cl2F3N3O10. The molecule has 0 unspecified atom stereocenters. The number of carboxylic acids is 1. The Bertz CT molecular complexity index is 2510. The number of carboxylic acid groups (broad SMARTS) is 1. The Labute approximate surface area is 342 Å². The van der Waals surface area contributed by atoms with Gasteiger partial charge in [0.25, 0.3) is 11.8 Å². The van der Waals surface area contributed by atoms with Crippen LogP contribution in [0.15, 0.2) is 90.5 Å². The summed E-state index contributed by atoms with van der Waals surface area (Å²) in [5.74, 6) is -12.3. The number of hydrogen-bond acceptors (Lipinski definition) is 10. The third-order valence-corrected chi connectivity index (χ3v) is 12.1. The molecule has 2 heterocycles. The number of allylic oxidation sites excluding steroid dienone is 2. The molecule has 304 valence electrons. The zero-order valence-corrected chi connectivity index (χ0v) is 31.9. The number of phenolic OH excluding ortho intramolecular Hbond substituents is 1. The van der Waals surface area contributed by atoms with Crippen LogP contribution in [0.1, 0.15) is 40.2 Å². The van der Waals surface area contributed by atoms with E-state index in [0.717, 1.165) is 40.2 Å². The number of hydrogen-bond donors (Lipinski definition) is 4. The molecule has 2 saturated heterocycles. The molecule has 4 aromatic carbocycles. The van der Waals surface area contributed by atoms with Crippen LogP contribution < -0.4 is 19.8 Å². The Balaban J connectivity index is 1.34. The number of rotatable bonds is 8. The number of methoxy groups -OCH3 is 1. The SMILES string of the molecule is COc1ccc([C@@]23C(=O)N(Nc4ccc(Cl)cc4Cl)C(=O)[C@@H]2C[C@@H]2C(=CC[C@@H]4C(=O)N(c5ccc(C(=O)O)c(O)c5)C(=O)[C@@H]42)[C@@H]3c2cc(OC(F)(F)F)ccc2O)cc1. The highest BCUT2D eigenvalue weighted by molar-refractivity contribution is 6.36. The lowest BCUT2D eigenvalue weighted by Crippen LogP contribution is -2.53. The molecule has 4 amide bonds. The zero-order valence-electron chi connectivity index (χ0n) is 30.4. The van der Waals surface area contributed by atoms with Gasteiger partial charge in [0.1, 0.15) is 28.6 Å². The summed E-state index contributed by atoms with van der Waals surface area (Å²) in [6.45, 7) is 0. The molecule has 8 rings (SSSR count). The van der Waals surface area contributed by atoms with Crippen LogP contribution in [0, 0.1) is 23.7 Å². The van der Waals surface area contributed by atoms with Crippen LogP contribution in [-0.2, 0) is 24.6 Å². The Hall–Kier alpha value is -6.26. The first-order valence-corrected chi connectivity index (χ1v) is 18.7. The van der Waals surface area contributed by atoms with E-state index in [9.17, 15) is 47.7 Å². The number of phenols is 2. The Morgan fingerprint density at radius 2 is 1.58 bits per heavy atom. The second kappa shape index (κ2) is 14.2. The molecule has 0 aromatic heterocycles. The van der Waals surface area contributed by atoms with Gasteiger partial charge in [0.15, 0.2) is 0 Å². The van der Waals surface area contributed by atoms with E-state index in [1.165, 1.54) is 55.6 Å². The molecule has 59 heavy (non-hydrogen) atoms. The molecule has 4 aromatic rings. The highest BCUT2D eigenvalue weighted by atomic mass is 35.5. The maximum Gasteiger partial charge on any atom is 0.573 e. The lowest BCUT2D eigenvalue weighted by Gasteiger charge is -2.50. The van der Waals surface area contributed by atoms with Crippen LogP contribution in [0.4, 0.5) is 24.5 Å². The predicted molar refractivity (Wildman–Crippen MR) is 203 cm³/mol. The molecule has 2 aliphatic carbocycles. The molecule has 13 nitrogen and oxygen atoms in total. The fraction of sp³-hybridized carbons (Fsp3) is 0.244. The molecule has 4 N–H and O–H groups in total. The number of carbonyl (C=O) groups excluding carboxylic acids is 4. The number of nitrogens with zero attached hydrogens (tertiary/aromatic N) is 2. The number of fused-ring (bicyclic) bond motifs is 4. The van der Waals surface area contributed by atoms with Crippen molar-refractivity contribution in [2.24, 2.45) is 23.7 Å². The van der Waals surface area contributed by atoms with Gasteiger partial charge in [0.05, 0.1) is 46.7 Å². The number of ether oxygens (including phenoxy) is 2. The summed E-state index contributed by atoms with van der Waals surface area (Å²) in [5.41, 5.74) is 0.546. The van der Waals surface area contributed by atoms with Crippen LogP contribution in [0.3, 0.4) is 0 Å². The van der Waals surface area contributed by atoms with E-state index in [-0.39, 0.29) is 51.0 Å². The van der Waals surface area contributed by atoms with Gasteiger partial charge >= 0.3 is 12.3 Å². The van der Waals surface area contributed by atoms with Crippen molar-refractivity contribution in [1.29, 1.82) is 0 Å². The second-order valence-corrected chi connectivity index (χ2v) is 15.3. The van der Waals surface area contributed by atoms with E-state index in [1.807, 2.05) is 0 Å². The molecule has 0 radical (unpaired) electrons. The maximum absolute atomic E-state index is 15.4. The van der Waals surface area contributed by atoms with E-state index in [2.05, 4.69) is 10.2 Å². The smallest absolute Gasteiger partial charge is 0.508 e. The van der Waals surface area contributed by atoms with Crippen molar-refractivity contribution >= 4 is 64.2 Å². The monoisotopic (exact) mass is 851 g/mol. The van der Waals surface area contributed by atoms with Gasteiger partial charge in [0.2, 0.25) is 11.8 Å². The van der Waals surface area contributed by atoms with Crippen LogP contribution in [0.2, 0.25) is 10.0 Å². The molecule has 6 atom stereocenters. The summed E-state index contributed by atoms with van der Waals surface area (Å²) in [6.07, 6.45) is -3.90. The molecule has 3 fully saturated rings. The van der Waals surface area contributed by atoms with Crippen molar-refractivity contribution in [2.75, 3.05) is 17.4 Å². The summed E-state index contributed by atoms with van der Waals surface area (Å²) < 4.78 is 50.6. The van der Waals surface area contributed by atoms with Gasteiger partial charge in [-0.2, -0.15) is 5.01 Å². The minimum atomic E-state index is -5.16. The van der Waals surface area contributed by atoms with Crippen molar-refractivity contribution in [2.45, 2.75) is 30.5 Å². The largest absolute Gasteiger partial charge is 0.573 e. The van der Waals surface area contributed by atoms with Gasteiger partial charge in [0, 0.05) is 22.6 Å². The number of aromatic carboxylic acids is 1. The van der Waals surface area contributed by atoms with Crippen LogP contribution in [0.5, 0.6) is 23.0 Å². The van der Waals surface area contributed by atoms with Gasteiger partial charge in [-0.1, -0.05) is 47.0 Å². The third-order valence-electron chi connectivity index (χ3n) is 11.6. The summed E-state index contributed by atoms with van der Waals surface area (Å²) in [7, 11) is 1.41. The van der Waals surface area contributed by atoms with Gasteiger partial charge in [-0.25, -0.2) is 9.69 Å². The summed E-state index contributed by atoms with van der Waals surface area (Å²) in [6, 6.07) is 16.4. The fourth-order valence-electron chi connectivity index (χ4n) is 9.24. The third kappa shape index (κ3) is 6.28. The summed E-state index contributed by atoms with van der Waals surface area (Å²) in [4.78, 5) is 71.4. The number of halogens is 5. The minimum absolute atomic E-state index is 0.0365. The maximum atomic E-state index is 15.4.